The van der Waals surface area contributed by atoms with Crippen molar-refractivity contribution < 1.29 is 4.79 Å². The number of nitrogens with two attached hydrogens (primary N) is 1. The zero-order valence-electron chi connectivity index (χ0n) is 10.6. The average Bonchev–Trinajstić information content (AvgIpc) is 2.77. The van der Waals surface area contributed by atoms with Crippen LogP contribution in [0.15, 0.2) is 24.0 Å². The maximum Gasteiger partial charge on any atom is 0.266 e. The van der Waals surface area contributed by atoms with Crippen molar-refractivity contribution in [3.8, 4) is 0 Å². The van der Waals surface area contributed by atoms with E-state index in [9.17, 15) is 4.79 Å². The van der Waals surface area contributed by atoms with Crippen LogP contribution in [0.25, 0.3) is 10.3 Å². The summed E-state index contributed by atoms with van der Waals surface area (Å²) in [6.45, 7) is 3.48. The average molecular weight is 274 g/mol. The van der Waals surface area contributed by atoms with Gasteiger partial charge in [0.15, 0.2) is 0 Å². The van der Waals surface area contributed by atoms with Gasteiger partial charge in [0.05, 0.1) is 5.69 Å². The van der Waals surface area contributed by atoms with Gasteiger partial charge in [0, 0.05) is 25.5 Å². The molecule has 2 N–H and O–H groups in total. The maximum absolute atomic E-state index is 12.5. The predicted molar refractivity (Wildman–Crippen MR) is 76.1 cm³/mol. The summed E-state index contributed by atoms with van der Waals surface area (Å²) in [5.74, 6) is -0.0222. The van der Waals surface area contributed by atoms with Crippen LogP contribution in [0.3, 0.4) is 0 Å². The second kappa shape index (κ2) is 4.62. The number of carbonyl (C=O) groups excluding carboxylic acids is 1. The first-order valence-corrected chi connectivity index (χ1v) is 6.92. The number of fused-ring (bicyclic) bond motifs is 1. The van der Waals surface area contributed by atoms with Crippen molar-refractivity contribution in [1.29, 1.82) is 0 Å². The molecule has 2 aromatic heterocycles. The van der Waals surface area contributed by atoms with Crippen molar-refractivity contribution in [2.75, 3.05) is 18.8 Å². The highest BCUT2D eigenvalue weighted by Gasteiger charge is 2.23. The van der Waals surface area contributed by atoms with Crippen LogP contribution in [0.1, 0.15) is 23.0 Å². The molecule has 1 amide bonds. The summed E-state index contributed by atoms with van der Waals surface area (Å²) in [5, 5.41) is 0. The molecule has 0 saturated heterocycles. The molecule has 19 heavy (non-hydrogen) atoms. The molecule has 0 bridgehead atoms. The molecular formula is C13H14N4OS. The minimum Gasteiger partial charge on any atom is -0.396 e. The molecule has 5 nitrogen and oxygen atoms in total. The van der Waals surface area contributed by atoms with Crippen molar-refractivity contribution in [1.82, 2.24) is 14.9 Å². The molecule has 98 valence electrons. The van der Waals surface area contributed by atoms with Gasteiger partial charge in [-0.2, -0.15) is 0 Å². The number of amides is 1. The summed E-state index contributed by atoms with van der Waals surface area (Å²) in [5.41, 5.74) is 8.42. The van der Waals surface area contributed by atoms with Crippen molar-refractivity contribution in [3.05, 3.63) is 28.9 Å². The lowest BCUT2D eigenvalue weighted by Crippen LogP contribution is -2.34. The molecular weight excluding hydrogens is 260 g/mol. The van der Waals surface area contributed by atoms with Crippen molar-refractivity contribution in [2.45, 2.75) is 13.3 Å². The Kier molecular flexibility index (Phi) is 2.94. The van der Waals surface area contributed by atoms with E-state index in [0.29, 0.717) is 27.5 Å². The smallest absolute Gasteiger partial charge is 0.266 e. The molecule has 0 saturated carbocycles. The van der Waals surface area contributed by atoms with Crippen LogP contribution in [0.5, 0.6) is 0 Å². The van der Waals surface area contributed by atoms with Gasteiger partial charge in [-0.25, -0.2) is 9.97 Å². The first kappa shape index (κ1) is 12.1. The molecule has 0 spiro atoms. The Morgan fingerprint density at radius 3 is 2.89 bits per heavy atom. The van der Waals surface area contributed by atoms with E-state index in [1.54, 1.807) is 12.4 Å². The van der Waals surface area contributed by atoms with Gasteiger partial charge in [-0.3, -0.25) is 4.79 Å². The molecule has 0 fully saturated rings. The minimum absolute atomic E-state index is 0.0222. The van der Waals surface area contributed by atoms with Crippen molar-refractivity contribution in [3.63, 3.8) is 0 Å². The van der Waals surface area contributed by atoms with Crippen LogP contribution in [0, 0.1) is 0 Å². The lowest BCUT2D eigenvalue weighted by atomic mass is 10.1. The van der Waals surface area contributed by atoms with Crippen LogP contribution in [-0.2, 0) is 0 Å². The van der Waals surface area contributed by atoms with E-state index >= 15 is 0 Å². The van der Waals surface area contributed by atoms with Gasteiger partial charge in [0.2, 0.25) is 0 Å². The van der Waals surface area contributed by atoms with E-state index in [0.717, 1.165) is 13.0 Å². The molecule has 1 aliphatic rings. The Morgan fingerprint density at radius 1 is 1.42 bits per heavy atom. The fourth-order valence-electron chi connectivity index (χ4n) is 2.10. The third-order valence-electron chi connectivity index (χ3n) is 3.28. The number of aromatic nitrogens is 2. The highest BCUT2D eigenvalue weighted by molar-refractivity contribution is 7.21. The summed E-state index contributed by atoms with van der Waals surface area (Å²) < 4.78 is 0. The number of carbonyl (C=O) groups is 1. The first-order valence-electron chi connectivity index (χ1n) is 6.10. The molecule has 0 atom stereocenters. The quantitative estimate of drug-likeness (QED) is 0.808. The second-order valence-electron chi connectivity index (χ2n) is 4.61. The summed E-state index contributed by atoms with van der Waals surface area (Å²) in [4.78, 5) is 23.9. The van der Waals surface area contributed by atoms with Crippen LogP contribution in [0.4, 0.5) is 5.69 Å². The highest BCUT2D eigenvalue weighted by atomic mass is 32.1. The standard InChI is InChI=1S/C13H14N4OS/c1-8-2-6-17(7-3-8)13(18)11-9(14)10-12(19-11)16-5-4-15-10/h2,4-5H,3,6-7,14H2,1H3. The van der Waals surface area contributed by atoms with Gasteiger partial charge in [-0.15, -0.1) is 11.3 Å². The Labute approximate surface area is 114 Å². The fourth-order valence-corrected chi connectivity index (χ4v) is 3.09. The lowest BCUT2D eigenvalue weighted by Gasteiger charge is -2.25. The minimum atomic E-state index is -0.0222. The van der Waals surface area contributed by atoms with E-state index < -0.39 is 0 Å². The Hall–Kier alpha value is -1.95. The van der Waals surface area contributed by atoms with Gasteiger partial charge in [0.1, 0.15) is 15.2 Å². The molecule has 1 aliphatic heterocycles. The number of nitrogens with zero attached hydrogens (tertiary/aromatic N) is 3. The Balaban J connectivity index is 1.96. The predicted octanol–water partition coefficient (Wildman–Crippen LogP) is 2.07. The molecule has 6 heteroatoms. The monoisotopic (exact) mass is 274 g/mol. The topological polar surface area (TPSA) is 72.1 Å². The number of anilines is 1. The third-order valence-corrected chi connectivity index (χ3v) is 4.37. The largest absolute Gasteiger partial charge is 0.396 e. The van der Waals surface area contributed by atoms with Gasteiger partial charge >= 0.3 is 0 Å². The number of thiophene rings is 1. The number of rotatable bonds is 1. The molecule has 3 rings (SSSR count). The van der Waals surface area contributed by atoms with Gasteiger partial charge in [-0.05, 0) is 13.3 Å². The van der Waals surface area contributed by atoms with Crippen molar-refractivity contribution >= 4 is 33.3 Å². The van der Waals surface area contributed by atoms with Gasteiger partial charge in [-0.1, -0.05) is 11.6 Å². The zero-order valence-corrected chi connectivity index (χ0v) is 11.4. The summed E-state index contributed by atoms with van der Waals surface area (Å²) >= 11 is 1.32. The zero-order chi connectivity index (χ0) is 13.4. The first-order chi connectivity index (χ1) is 9.16. The number of hydrogen-bond donors (Lipinski definition) is 1. The van der Waals surface area contributed by atoms with Crippen molar-refractivity contribution in [2.24, 2.45) is 0 Å². The Bertz CT molecular complexity index is 676. The molecule has 0 unspecified atom stereocenters. The maximum atomic E-state index is 12.5. The van der Waals surface area contributed by atoms with Crippen LogP contribution < -0.4 is 5.73 Å². The highest BCUT2D eigenvalue weighted by Crippen LogP contribution is 2.31. The lowest BCUT2D eigenvalue weighted by molar-refractivity contribution is 0.0775. The molecule has 0 radical (unpaired) electrons. The van der Waals surface area contributed by atoms with E-state index in [4.69, 9.17) is 5.73 Å². The van der Waals surface area contributed by atoms with Crippen LogP contribution in [0.2, 0.25) is 0 Å². The molecule has 0 aromatic carbocycles. The third kappa shape index (κ3) is 2.08. The van der Waals surface area contributed by atoms with Crippen LogP contribution >= 0.6 is 11.3 Å². The number of nitrogen functional groups attached to an aromatic ring is 1. The van der Waals surface area contributed by atoms with Crippen LogP contribution in [-0.4, -0.2) is 33.9 Å². The van der Waals surface area contributed by atoms with E-state index in [2.05, 4.69) is 23.0 Å². The normalized spacial score (nSPS) is 15.6. The Morgan fingerprint density at radius 2 is 2.21 bits per heavy atom. The second-order valence-corrected chi connectivity index (χ2v) is 5.61. The van der Waals surface area contributed by atoms with E-state index in [-0.39, 0.29) is 5.91 Å². The van der Waals surface area contributed by atoms with E-state index in [1.165, 1.54) is 16.9 Å². The van der Waals surface area contributed by atoms with Gasteiger partial charge in [0.25, 0.3) is 5.91 Å². The SMILES string of the molecule is CC1=CCN(C(=O)c2sc3nccnc3c2N)CC1. The summed E-state index contributed by atoms with van der Waals surface area (Å²) in [7, 11) is 0. The van der Waals surface area contributed by atoms with E-state index in [1.807, 2.05) is 4.90 Å². The molecule has 0 aliphatic carbocycles. The fraction of sp³-hybridized carbons (Fsp3) is 0.308. The number of hydrogen-bond acceptors (Lipinski definition) is 5. The van der Waals surface area contributed by atoms with Gasteiger partial charge < -0.3 is 10.6 Å². The molecule has 3 heterocycles. The molecule has 2 aromatic rings. The summed E-state index contributed by atoms with van der Waals surface area (Å²) in [6, 6.07) is 0. The summed E-state index contributed by atoms with van der Waals surface area (Å²) in [6.07, 6.45) is 6.21.